The molecule has 61 heavy (non-hydrogen) atoms. The highest BCUT2D eigenvalue weighted by Crippen LogP contribution is 2.35. The molecule has 0 bridgehead atoms. The van der Waals surface area contributed by atoms with E-state index in [1.54, 1.807) is 66.9 Å². The molecule has 1 aliphatic rings. The van der Waals surface area contributed by atoms with Gasteiger partial charge >= 0.3 is 6.09 Å². The fraction of sp³-hybridized carbons (Fsp3) is 0.400. The molecule has 3 aromatic carbocycles. The van der Waals surface area contributed by atoms with E-state index in [9.17, 15) is 27.6 Å². The second-order valence-electron chi connectivity index (χ2n) is 17.2. The standard InChI is InChI=1S/C45H54ClN5O9S/c1-10-11-22-45(8,41(54)50-61(56,57)32-19-15-18-29(46)23-32)49-39(52)36-25-31(27-51(36)40(53)38(43(2,3)4)48-42(55)60-44(5,6)7)59-37-26-34(28-16-13-12-14-17-28)47-35-24-30(58-9)20-21-33(35)37/h10,12-21,23-24,26,31,36,38H,1,11,22,25,27H2,2-9H3,(H,48,55)(H,49,52)(H,50,54). The van der Waals surface area contributed by atoms with Crippen molar-refractivity contribution in [3.05, 3.63) is 96.5 Å². The van der Waals surface area contributed by atoms with Gasteiger partial charge in [-0.25, -0.2) is 22.9 Å². The molecule has 2 heterocycles. The Morgan fingerprint density at radius 1 is 0.967 bits per heavy atom. The van der Waals surface area contributed by atoms with Crippen LogP contribution in [0, 0.1) is 5.41 Å². The van der Waals surface area contributed by atoms with E-state index in [1.165, 1.54) is 42.2 Å². The van der Waals surface area contributed by atoms with Crippen LogP contribution in [0.2, 0.25) is 5.02 Å². The number of methoxy groups -OCH3 is 1. The van der Waals surface area contributed by atoms with Crippen molar-refractivity contribution in [2.75, 3.05) is 13.7 Å². The second-order valence-corrected chi connectivity index (χ2v) is 19.3. The van der Waals surface area contributed by atoms with Crippen molar-refractivity contribution in [1.29, 1.82) is 0 Å². The predicted molar refractivity (Wildman–Crippen MR) is 234 cm³/mol. The summed E-state index contributed by atoms with van der Waals surface area (Å²) in [5.41, 5.74) is -1.52. The molecule has 1 aliphatic heterocycles. The van der Waals surface area contributed by atoms with Crippen LogP contribution < -0.4 is 24.8 Å². The first kappa shape index (κ1) is 46.4. The van der Waals surface area contributed by atoms with E-state index >= 15 is 0 Å². The van der Waals surface area contributed by atoms with Crippen molar-refractivity contribution >= 4 is 56.3 Å². The number of allylic oxidation sites excluding steroid dienone is 1. The van der Waals surface area contributed by atoms with Crippen molar-refractivity contribution in [1.82, 2.24) is 25.2 Å². The summed E-state index contributed by atoms with van der Waals surface area (Å²) in [6.45, 7) is 15.4. The largest absolute Gasteiger partial charge is 0.497 e. The molecule has 4 atom stereocenters. The molecular formula is C45H54ClN5O9S. The molecule has 5 rings (SSSR count). The van der Waals surface area contributed by atoms with Gasteiger partial charge in [-0.2, -0.15) is 0 Å². The van der Waals surface area contributed by atoms with Crippen LogP contribution in [0.15, 0.2) is 96.4 Å². The molecule has 0 spiro atoms. The number of sulfonamides is 1. The second kappa shape index (κ2) is 18.5. The minimum absolute atomic E-state index is 0.0402. The van der Waals surface area contributed by atoms with Gasteiger partial charge in [0.05, 0.1) is 29.8 Å². The molecule has 16 heteroatoms. The van der Waals surface area contributed by atoms with Crippen molar-refractivity contribution in [3.8, 4) is 22.8 Å². The normalized spacial score (nSPS) is 17.1. The number of likely N-dealkylation sites (tertiary alicyclic amines) is 1. The Bertz CT molecular complexity index is 2400. The number of carbonyl (C=O) groups is 4. The highest BCUT2D eigenvalue weighted by atomic mass is 35.5. The molecular weight excluding hydrogens is 822 g/mol. The van der Waals surface area contributed by atoms with Gasteiger partial charge in [0.2, 0.25) is 11.8 Å². The third-order valence-electron chi connectivity index (χ3n) is 10.0. The van der Waals surface area contributed by atoms with Crippen LogP contribution in [0.25, 0.3) is 22.2 Å². The number of ether oxygens (including phenoxy) is 3. The van der Waals surface area contributed by atoms with Gasteiger partial charge in [-0.05, 0) is 76.3 Å². The number of nitrogens with one attached hydrogen (secondary N) is 3. The molecule has 0 aliphatic carbocycles. The van der Waals surface area contributed by atoms with Gasteiger partial charge in [0.15, 0.2) is 0 Å². The van der Waals surface area contributed by atoms with Crippen molar-refractivity contribution in [3.63, 3.8) is 0 Å². The quantitative estimate of drug-likeness (QED) is 0.110. The van der Waals surface area contributed by atoms with Gasteiger partial charge in [0.1, 0.15) is 40.8 Å². The fourth-order valence-electron chi connectivity index (χ4n) is 6.86. The number of nitrogens with zero attached hydrogens (tertiary/aromatic N) is 2. The number of benzene rings is 3. The lowest BCUT2D eigenvalue weighted by Gasteiger charge is -2.36. The first-order chi connectivity index (χ1) is 28.5. The summed E-state index contributed by atoms with van der Waals surface area (Å²) in [5, 5.41) is 6.29. The van der Waals surface area contributed by atoms with Gasteiger partial charge in [0, 0.05) is 34.5 Å². The summed E-state index contributed by atoms with van der Waals surface area (Å²) in [6.07, 6.45) is 0.0641. The Morgan fingerprint density at radius 2 is 1.67 bits per heavy atom. The minimum atomic E-state index is -4.42. The van der Waals surface area contributed by atoms with E-state index < -0.39 is 68.6 Å². The van der Waals surface area contributed by atoms with E-state index in [4.69, 9.17) is 30.8 Å². The van der Waals surface area contributed by atoms with Gasteiger partial charge in [-0.1, -0.05) is 74.8 Å². The van der Waals surface area contributed by atoms with Crippen LogP contribution in [0.4, 0.5) is 4.79 Å². The Hall–Kier alpha value is -5.67. The van der Waals surface area contributed by atoms with E-state index in [-0.39, 0.29) is 35.7 Å². The Morgan fingerprint density at radius 3 is 2.30 bits per heavy atom. The molecule has 1 saturated heterocycles. The summed E-state index contributed by atoms with van der Waals surface area (Å²) in [5.74, 6) is -1.34. The van der Waals surface area contributed by atoms with Crippen molar-refractivity contribution < 1.29 is 41.8 Å². The van der Waals surface area contributed by atoms with Gasteiger partial charge in [-0.15, -0.1) is 6.58 Å². The Balaban J connectivity index is 1.54. The number of halogens is 1. The number of pyridine rings is 1. The number of hydrogen-bond donors (Lipinski definition) is 3. The maximum Gasteiger partial charge on any atom is 0.408 e. The lowest BCUT2D eigenvalue weighted by atomic mass is 9.85. The molecule has 326 valence electrons. The minimum Gasteiger partial charge on any atom is -0.497 e. The number of carbonyl (C=O) groups excluding carboxylic acids is 4. The Labute approximate surface area is 362 Å². The molecule has 0 saturated carbocycles. The van der Waals surface area contributed by atoms with E-state index in [2.05, 4.69) is 21.9 Å². The van der Waals surface area contributed by atoms with E-state index in [1.807, 2.05) is 36.4 Å². The molecule has 4 amide bonds. The average molecular weight is 876 g/mol. The van der Waals surface area contributed by atoms with Crippen LogP contribution in [-0.4, -0.2) is 85.1 Å². The van der Waals surface area contributed by atoms with E-state index in [0.717, 1.165) is 5.56 Å². The SMILES string of the molecule is C=CCCC(C)(NC(=O)C1CC(Oc2cc(-c3ccccc3)nc3cc(OC)ccc23)CN1C(=O)C(NC(=O)OC(C)(C)C)C(C)(C)C)C(=O)NS(=O)(=O)c1cccc(Cl)c1. The molecule has 3 N–H and O–H groups in total. The van der Waals surface area contributed by atoms with E-state index in [0.29, 0.717) is 28.1 Å². The number of aromatic nitrogens is 1. The van der Waals surface area contributed by atoms with Gasteiger partial charge < -0.3 is 29.7 Å². The highest BCUT2D eigenvalue weighted by Gasteiger charge is 2.48. The van der Waals surface area contributed by atoms with Crippen molar-refractivity contribution in [2.45, 2.75) is 102 Å². The molecule has 1 aromatic heterocycles. The van der Waals surface area contributed by atoms with Crippen molar-refractivity contribution in [2.24, 2.45) is 5.41 Å². The molecule has 0 radical (unpaired) electrons. The molecule has 1 fully saturated rings. The lowest BCUT2D eigenvalue weighted by Crippen LogP contribution is -2.62. The predicted octanol–water partition coefficient (Wildman–Crippen LogP) is 7.20. The summed E-state index contributed by atoms with van der Waals surface area (Å²) in [6, 6.07) is 19.7. The fourth-order valence-corrected chi connectivity index (χ4v) is 8.24. The van der Waals surface area contributed by atoms with Crippen LogP contribution in [0.1, 0.15) is 67.7 Å². The topological polar surface area (TPSA) is 182 Å². The monoisotopic (exact) mass is 875 g/mol. The van der Waals surface area contributed by atoms with Crippen LogP contribution in [0.3, 0.4) is 0 Å². The zero-order chi connectivity index (χ0) is 44.9. The van der Waals surface area contributed by atoms with Crippen LogP contribution >= 0.6 is 11.6 Å². The molecule has 4 aromatic rings. The van der Waals surface area contributed by atoms with Gasteiger partial charge in [0.25, 0.3) is 15.9 Å². The average Bonchev–Trinajstić information content (AvgIpc) is 3.61. The summed E-state index contributed by atoms with van der Waals surface area (Å²) in [7, 11) is -2.86. The van der Waals surface area contributed by atoms with Crippen LogP contribution in [-0.2, 0) is 29.1 Å². The smallest absolute Gasteiger partial charge is 0.408 e. The number of amides is 4. The first-order valence-electron chi connectivity index (χ1n) is 19.8. The maximum absolute atomic E-state index is 14.8. The summed E-state index contributed by atoms with van der Waals surface area (Å²) >= 11 is 6.05. The number of fused-ring (bicyclic) bond motifs is 1. The van der Waals surface area contributed by atoms with Crippen LogP contribution in [0.5, 0.6) is 11.5 Å². The molecule has 14 nitrogen and oxygen atoms in total. The third kappa shape index (κ3) is 11.6. The summed E-state index contributed by atoms with van der Waals surface area (Å²) in [4.78, 5) is 62.5. The zero-order valence-corrected chi connectivity index (χ0v) is 37.3. The highest BCUT2D eigenvalue weighted by molar-refractivity contribution is 7.90. The first-order valence-corrected chi connectivity index (χ1v) is 21.7. The Kier molecular flexibility index (Phi) is 14.1. The lowest BCUT2D eigenvalue weighted by molar-refractivity contribution is -0.143. The number of rotatable bonds is 14. The maximum atomic E-state index is 14.8. The number of hydrogen-bond acceptors (Lipinski definition) is 10. The van der Waals surface area contributed by atoms with Gasteiger partial charge in [-0.3, -0.25) is 14.4 Å². The number of alkyl carbamates (subject to hydrolysis) is 1. The zero-order valence-electron chi connectivity index (χ0n) is 35.7. The molecule has 4 unspecified atom stereocenters. The summed E-state index contributed by atoms with van der Waals surface area (Å²) < 4.78 is 46.5. The third-order valence-corrected chi connectivity index (χ3v) is 11.6.